The summed E-state index contributed by atoms with van der Waals surface area (Å²) in [5, 5.41) is 0. The molecule has 3 aliphatic carbocycles. The number of nitrogens with zero attached hydrogens (tertiary/aromatic N) is 2. The largest absolute Gasteiger partial charge is 0.311 e. The van der Waals surface area contributed by atoms with E-state index in [1.54, 1.807) is 0 Å². The molecule has 0 heterocycles. The molecular formula is C68H48N2. The van der Waals surface area contributed by atoms with Gasteiger partial charge in [-0.1, -0.05) is 206 Å². The molecule has 0 atom stereocenters. The van der Waals surface area contributed by atoms with Crippen LogP contribution in [-0.2, 0) is 10.8 Å². The number of benzene rings is 11. The predicted molar refractivity (Wildman–Crippen MR) is 290 cm³/mol. The Hall–Kier alpha value is -8.98. The van der Waals surface area contributed by atoms with Gasteiger partial charge >= 0.3 is 0 Å². The van der Waals surface area contributed by atoms with Gasteiger partial charge in [0.05, 0.1) is 10.8 Å². The Morgan fingerprint density at radius 2 is 0.471 bits per heavy atom. The molecule has 2 heteroatoms. The molecule has 0 saturated heterocycles. The zero-order valence-corrected chi connectivity index (χ0v) is 38.6. The lowest BCUT2D eigenvalue weighted by molar-refractivity contribution is 0.557. The minimum Gasteiger partial charge on any atom is -0.311 e. The highest BCUT2D eigenvalue weighted by molar-refractivity contribution is 5.86. The first-order chi connectivity index (χ1) is 34.7. The quantitative estimate of drug-likeness (QED) is 0.135. The van der Waals surface area contributed by atoms with Crippen LogP contribution in [-0.4, -0.2) is 0 Å². The van der Waals surface area contributed by atoms with E-state index in [2.05, 4.69) is 301 Å². The molecule has 2 nitrogen and oxygen atoms in total. The van der Waals surface area contributed by atoms with Crippen LogP contribution in [0, 0.1) is 0 Å². The lowest BCUT2D eigenvalue weighted by Gasteiger charge is -2.57. The predicted octanol–water partition coefficient (Wildman–Crippen LogP) is 17.4. The average molecular weight is 893 g/mol. The van der Waals surface area contributed by atoms with Crippen molar-refractivity contribution in [2.45, 2.75) is 10.8 Å². The number of para-hydroxylation sites is 4. The lowest BCUT2D eigenvalue weighted by Crippen LogP contribution is -2.51. The van der Waals surface area contributed by atoms with E-state index in [9.17, 15) is 0 Å². The lowest BCUT2D eigenvalue weighted by atomic mass is 9.44. The van der Waals surface area contributed by atoms with Crippen molar-refractivity contribution in [3.05, 3.63) is 336 Å². The number of hydrogen-bond donors (Lipinski definition) is 0. The van der Waals surface area contributed by atoms with Crippen molar-refractivity contribution >= 4 is 34.1 Å². The van der Waals surface area contributed by atoms with E-state index in [4.69, 9.17) is 0 Å². The van der Waals surface area contributed by atoms with Gasteiger partial charge in [-0.2, -0.15) is 0 Å². The summed E-state index contributed by atoms with van der Waals surface area (Å²) in [6.07, 6.45) is 0. The Bertz CT molecular complexity index is 3500. The summed E-state index contributed by atoms with van der Waals surface area (Å²) in [6, 6.07) is 107. The van der Waals surface area contributed by atoms with E-state index in [0.29, 0.717) is 0 Å². The SMILES string of the molecule is c1ccc(-c2cccc(-c3ccc4c(c3)C3(c5ccc(N(c6ccccc6)c6ccccc6)cc5)c5ccccc5C4(c4ccc(N(c5ccccc5)c5ccccc5)cc4)c4ccccc43)c2)cc1. The smallest absolute Gasteiger partial charge is 0.0711 e. The molecule has 70 heavy (non-hydrogen) atoms. The highest BCUT2D eigenvalue weighted by atomic mass is 15.1. The van der Waals surface area contributed by atoms with Gasteiger partial charge in [-0.25, -0.2) is 0 Å². The van der Waals surface area contributed by atoms with Crippen molar-refractivity contribution in [1.82, 2.24) is 0 Å². The van der Waals surface area contributed by atoms with Crippen molar-refractivity contribution in [2.75, 3.05) is 9.80 Å². The molecule has 11 aromatic carbocycles. The summed E-state index contributed by atoms with van der Waals surface area (Å²) in [5.41, 5.74) is 20.6. The molecule has 0 aromatic heterocycles. The Balaban J connectivity index is 1.05. The maximum absolute atomic E-state index is 2.52. The van der Waals surface area contributed by atoms with Crippen LogP contribution in [0.4, 0.5) is 34.1 Å². The summed E-state index contributed by atoms with van der Waals surface area (Å²) in [4.78, 5) is 4.70. The summed E-state index contributed by atoms with van der Waals surface area (Å²) in [7, 11) is 0. The Kier molecular flexibility index (Phi) is 9.99. The normalized spacial score (nSPS) is 16.1. The molecule has 0 fully saturated rings. The minimum atomic E-state index is -0.627. The Labute approximate surface area is 410 Å². The van der Waals surface area contributed by atoms with Crippen molar-refractivity contribution in [3.8, 4) is 22.3 Å². The molecule has 0 amide bonds. The third-order valence-electron chi connectivity index (χ3n) is 14.8. The van der Waals surface area contributed by atoms with Gasteiger partial charge in [0, 0.05) is 34.1 Å². The van der Waals surface area contributed by atoms with Crippen LogP contribution in [0.15, 0.2) is 291 Å². The number of rotatable bonds is 10. The van der Waals surface area contributed by atoms with E-state index in [-0.39, 0.29) is 0 Å². The van der Waals surface area contributed by atoms with Gasteiger partial charge in [0.25, 0.3) is 0 Å². The second kappa shape index (κ2) is 17.0. The summed E-state index contributed by atoms with van der Waals surface area (Å²) >= 11 is 0. The topological polar surface area (TPSA) is 6.48 Å². The maximum atomic E-state index is 2.52. The molecule has 0 aliphatic heterocycles. The van der Waals surface area contributed by atoms with Crippen molar-refractivity contribution < 1.29 is 0 Å². The van der Waals surface area contributed by atoms with Crippen LogP contribution < -0.4 is 9.80 Å². The third kappa shape index (κ3) is 6.41. The third-order valence-corrected chi connectivity index (χ3v) is 14.8. The van der Waals surface area contributed by atoms with E-state index >= 15 is 0 Å². The van der Waals surface area contributed by atoms with Gasteiger partial charge in [-0.15, -0.1) is 0 Å². The first-order valence-corrected chi connectivity index (χ1v) is 24.3. The van der Waals surface area contributed by atoms with E-state index in [1.807, 2.05) is 0 Å². The second-order valence-corrected chi connectivity index (χ2v) is 18.4. The highest BCUT2D eigenvalue weighted by Crippen LogP contribution is 2.66. The molecule has 0 saturated carbocycles. The monoisotopic (exact) mass is 892 g/mol. The maximum Gasteiger partial charge on any atom is 0.0711 e. The summed E-state index contributed by atoms with van der Waals surface area (Å²) < 4.78 is 0. The van der Waals surface area contributed by atoms with Crippen LogP contribution in [0.25, 0.3) is 22.3 Å². The van der Waals surface area contributed by atoms with E-state index < -0.39 is 10.8 Å². The van der Waals surface area contributed by atoms with Gasteiger partial charge in [-0.3, -0.25) is 0 Å². The summed E-state index contributed by atoms with van der Waals surface area (Å²) in [6.45, 7) is 0. The Morgan fingerprint density at radius 3 is 0.871 bits per heavy atom. The molecule has 0 radical (unpaired) electrons. The van der Waals surface area contributed by atoms with Gasteiger partial charge in [0.2, 0.25) is 0 Å². The molecular weight excluding hydrogens is 845 g/mol. The van der Waals surface area contributed by atoms with E-state index in [1.165, 1.54) is 66.8 Å². The Morgan fingerprint density at radius 1 is 0.186 bits per heavy atom. The number of hydrogen-bond acceptors (Lipinski definition) is 2. The molecule has 330 valence electrons. The highest BCUT2D eigenvalue weighted by Gasteiger charge is 2.60. The van der Waals surface area contributed by atoms with Crippen molar-refractivity contribution in [1.29, 1.82) is 0 Å². The zero-order valence-electron chi connectivity index (χ0n) is 38.6. The molecule has 2 bridgehead atoms. The van der Waals surface area contributed by atoms with Crippen LogP contribution in [0.5, 0.6) is 0 Å². The standard InChI is InChI=1S/C68H48N2/c1-6-21-49(22-7-1)50-23-20-24-51(47-50)52-37-46-65-66(48-52)68(54-40-44-60(45-41-54)70(57-29-12-4-13-30-57)58-31-14-5-15-32-58)63-35-18-16-33-61(63)67(65,62-34-17-19-36-64(62)68)53-38-42-59(43-39-53)69(55-25-8-2-9-26-55)56-27-10-3-11-28-56/h1-48H. The van der Waals surface area contributed by atoms with Crippen LogP contribution in [0.2, 0.25) is 0 Å². The molecule has 14 rings (SSSR count). The fourth-order valence-electron chi connectivity index (χ4n) is 11.9. The van der Waals surface area contributed by atoms with Crippen molar-refractivity contribution in [2.24, 2.45) is 0 Å². The molecule has 0 unspecified atom stereocenters. The molecule has 0 N–H and O–H groups in total. The summed E-state index contributed by atoms with van der Waals surface area (Å²) in [5.74, 6) is 0. The molecule has 3 aliphatic rings. The first kappa shape index (κ1) is 41.2. The van der Waals surface area contributed by atoms with E-state index in [0.717, 1.165) is 34.1 Å². The fourth-order valence-corrected chi connectivity index (χ4v) is 11.9. The first-order valence-electron chi connectivity index (χ1n) is 24.3. The average Bonchev–Trinajstić information content (AvgIpc) is 3.45. The second-order valence-electron chi connectivity index (χ2n) is 18.4. The number of anilines is 6. The fraction of sp³-hybridized carbons (Fsp3) is 0.0294. The van der Waals surface area contributed by atoms with Gasteiger partial charge in [0.1, 0.15) is 0 Å². The molecule has 0 spiro atoms. The minimum absolute atomic E-state index is 0.602. The van der Waals surface area contributed by atoms with Crippen molar-refractivity contribution in [3.63, 3.8) is 0 Å². The van der Waals surface area contributed by atoms with Gasteiger partial charge < -0.3 is 9.80 Å². The van der Waals surface area contributed by atoms with Gasteiger partial charge in [-0.05, 0) is 152 Å². The molecule has 11 aromatic rings. The van der Waals surface area contributed by atoms with Gasteiger partial charge in [0.15, 0.2) is 0 Å². The van der Waals surface area contributed by atoms with Crippen LogP contribution >= 0.6 is 0 Å². The van der Waals surface area contributed by atoms with Crippen LogP contribution in [0.3, 0.4) is 0 Å². The van der Waals surface area contributed by atoms with Crippen LogP contribution in [0.1, 0.15) is 44.5 Å². The zero-order chi connectivity index (χ0) is 46.5.